The number of unbranched alkanes of at least 4 members (excludes halogenated alkanes) is 5. The van der Waals surface area contributed by atoms with E-state index in [0.717, 1.165) is 93.7 Å². The Kier molecular flexibility index (Phi) is 18.3. The number of ether oxygens (including phenoxy) is 1. The first-order chi connectivity index (χ1) is 40.5. The maximum atomic E-state index is 14.9. The van der Waals surface area contributed by atoms with Gasteiger partial charge in [0.15, 0.2) is 0 Å². The number of hydrogen-bond acceptors (Lipinski definition) is 12. The van der Waals surface area contributed by atoms with Crippen LogP contribution >= 0.6 is 0 Å². The van der Waals surface area contributed by atoms with E-state index >= 15 is 0 Å². The van der Waals surface area contributed by atoms with Crippen LogP contribution in [0.5, 0.6) is 5.75 Å². The van der Waals surface area contributed by atoms with Gasteiger partial charge in [-0.1, -0.05) is 76.8 Å². The third-order valence-corrected chi connectivity index (χ3v) is 17.6. The minimum Gasteiger partial charge on any atom is -0.494 e. The molecule has 1 saturated carbocycles. The monoisotopic (exact) mass is 1140 g/mol. The molecule has 2 aromatic heterocycles. The summed E-state index contributed by atoms with van der Waals surface area (Å²) >= 11 is 0. The lowest BCUT2D eigenvalue weighted by molar-refractivity contribution is -0.147. The molecule has 3 aliphatic heterocycles. The number of aryl methyl sites for hydroxylation is 1. The smallest absolute Gasteiger partial charge is 0.254 e. The Morgan fingerprint density at radius 3 is 2.45 bits per heavy atom. The molecule has 84 heavy (non-hydrogen) atoms. The largest absolute Gasteiger partial charge is 0.494 e. The molecule has 19 heteroatoms. The van der Waals surface area contributed by atoms with E-state index in [0.29, 0.717) is 83.3 Å². The molecule has 3 aromatic carbocycles. The van der Waals surface area contributed by atoms with Gasteiger partial charge in [0.2, 0.25) is 23.6 Å². The predicted octanol–water partition coefficient (Wildman–Crippen LogP) is 8.51. The SMILES string of the molecule is CN[C@@H](C)C(=O)N[C@H](C(=O)N1Cc2cc(OCCCCCCCCC(=O)NCCn3nc4c(c3C#N)-c3cnc(N)c(c3)N3CCC[C@@H]3c3cc(F)ccc3C(=O)N(C3CC3)C4)ccc2C[C@H]1C(=O)N[C@@H]1CCCc2ccccc21)C(C)(C)C. The highest BCUT2D eigenvalue weighted by Crippen LogP contribution is 2.44. The Bertz CT molecular complexity index is 3310. The molecule has 6 N–H and O–H groups in total. The van der Waals surface area contributed by atoms with Crippen LogP contribution in [0.2, 0.25) is 0 Å². The molecule has 0 unspecified atom stereocenters. The van der Waals surface area contributed by atoms with Crippen LogP contribution in [-0.4, -0.2) is 105 Å². The molecule has 10 rings (SSSR count). The number of rotatable bonds is 20. The van der Waals surface area contributed by atoms with Crippen molar-refractivity contribution in [2.24, 2.45) is 5.41 Å². The number of pyridine rings is 1. The van der Waals surface area contributed by atoms with Crippen LogP contribution in [0, 0.1) is 22.6 Å². The van der Waals surface area contributed by atoms with Gasteiger partial charge in [-0.25, -0.2) is 9.37 Å². The number of aromatic nitrogens is 3. The van der Waals surface area contributed by atoms with E-state index in [1.54, 1.807) is 35.8 Å². The first-order valence-corrected chi connectivity index (χ1v) is 30.3. The average molecular weight is 1150 g/mol. The maximum Gasteiger partial charge on any atom is 0.254 e. The van der Waals surface area contributed by atoms with Gasteiger partial charge in [-0.15, -0.1) is 0 Å². The van der Waals surface area contributed by atoms with Crippen LogP contribution < -0.4 is 36.6 Å². The van der Waals surface area contributed by atoms with E-state index < -0.39 is 29.4 Å². The van der Waals surface area contributed by atoms with E-state index in [4.69, 9.17) is 15.6 Å². The van der Waals surface area contributed by atoms with Gasteiger partial charge in [0.25, 0.3) is 5.91 Å². The zero-order chi connectivity index (χ0) is 59.2. The zero-order valence-electron chi connectivity index (χ0n) is 49.3. The summed E-state index contributed by atoms with van der Waals surface area (Å²) in [5.74, 6) is -0.502. The third-order valence-electron chi connectivity index (χ3n) is 17.6. The average Bonchev–Trinajstić information content (AvgIpc) is 1.88. The molecule has 0 spiro atoms. The first kappa shape index (κ1) is 59.3. The van der Waals surface area contributed by atoms with Crippen molar-refractivity contribution < 1.29 is 33.1 Å². The number of nitrogen functional groups attached to an aromatic ring is 1. The lowest BCUT2D eigenvalue weighted by Gasteiger charge is -2.41. The molecule has 1 saturated heterocycles. The number of carbonyl (C=O) groups is 5. The summed E-state index contributed by atoms with van der Waals surface area (Å²) in [7, 11) is 1.70. The molecule has 2 fully saturated rings. The van der Waals surface area contributed by atoms with Gasteiger partial charge in [0, 0.05) is 61.4 Å². The molecule has 5 heterocycles. The van der Waals surface area contributed by atoms with Gasteiger partial charge in [-0.3, -0.25) is 28.7 Å². The van der Waals surface area contributed by atoms with Crippen molar-refractivity contribution in [3.63, 3.8) is 0 Å². The summed E-state index contributed by atoms with van der Waals surface area (Å²) in [4.78, 5) is 80.3. The number of nitrogens with two attached hydrogens (primary N) is 1. The zero-order valence-corrected chi connectivity index (χ0v) is 49.3. The summed E-state index contributed by atoms with van der Waals surface area (Å²) in [6.07, 6.45) is 13.7. The van der Waals surface area contributed by atoms with Gasteiger partial charge >= 0.3 is 0 Å². The predicted molar refractivity (Wildman–Crippen MR) is 319 cm³/mol. The highest BCUT2D eigenvalue weighted by molar-refractivity contribution is 5.97. The number of carbonyl (C=O) groups excluding carboxylic acids is 5. The van der Waals surface area contributed by atoms with Gasteiger partial charge in [0.05, 0.1) is 49.2 Å². The molecule has 18 nitrogen and oxygen atoms in total. The van der Waals surface area contributed by atoms with Gasteiger partial charge in [0.1, 0.15) is 41.2 Å². The van der Waals surface area contributed by atoms with Crippen molar-refractivity contribution in [1.82, 2.24) is 45.8 Å². The normalized spacial score (nSPS) is 19.0. The number of nitriles is 1. The summed E-state index contributed by atoms with van der Waals surface area (Å²) in [5, 5.41) is 27.9. The maximum absolute atomic E-state index is 14.9. The molecule has 5 amide bonds. The summed E-state index contributed by atoms with van der Waals surface area (Å²) in [6.45, 7) is 9.48. The number of nitrogens with one attached hydrogen (secondary N) is 4. The number of fused-ring (bicyclic) bond motifs is 10. The van der Waals surface area contributed by atoms with Crippen molar-refractivity contribution >= 4 is 41.0 Å². The minimum atomic E-state index is -0.880. The lowest BCUT2D eigenvalue weighted by atomic mass is 9.83. The summed E-state index contributed by atoms with van der Waals surface area (Å²) in [5.41, 5.74) is 13.9. The highest BCUT2D eigenvalue weighted by Gasteiger charge is 2.44. The Labute approximate surface area is 492 Å². The fraction of sp³-hybridized carbons (Fsp3) is 0.508. The Morgan fingerprint density at radius 2 is 1.68 bits per heavy atom. The number of amides is 5. The van der Waals surface area contributed by atoms with E-state index in [1.807, 2.05) is 62.1 Å². The molecule has 444 valence electrons. The number of nitrogens with zero attached hydrogens (tertiary/aromatic N) is 7. The molecule has 5 atom stereocenters. The van der Waals surface area contributed by atoms with Crippen molar-refractivity contribution in [3.05, 3.63) is 124 Å². The fourth-order valence-electron chi connectivity index (χ4n) is 12.7. The van der Waals surface area contributed by atoms with Crippen LogP contribution in [0.3, 0.4) is 0 Å². The van der Waals surface area contributed by atoms with Crippen molar-refractivity contribution in [3.8, 4) is 22.9 Å². The Morgan fingerprint density at radius 1 is 0.893 bits per heavy atom. The first-order valence-electron chi connectivity index (χ1n) is 30.3. The highest BCUT2D eigenvalue weighted by atomic mass is 19.1. The van der Waals surface area contributed by atoms with Crippen LogP contribution in [0.1, 0.15) is 173 Å². The third kappa shape index (κ3) is 13.2. The van der Waals surface area contributed by atoms with Crippen LogP contribution in [0.25, 0.3) is 11.1 Å². The number of halogens is 1. The van der Waals surface area contributed by atoms with E-state index in [9.17, 15) is 33.6 Å². The number of likely N-dealkylation sites (N-methyl/N-ethyl adjacent to an activating group) is 1. The molecular weight excluding hydrogens is 1060 g/mol. The summed E-state index contributed by atoms with van der Waals surface area (Å²) in [6, 6.07) is 20.2. The molecule has 2 bridgehead atoms. The number of hydrogen-bond donors (Lipinski definition) is 5. The van der Waals surface area contributed by atoms with E-state index in [2.05, 4.69) is 49.4 Å². The fourth-order valence-corrected chi connectivity index (χ4v) is 12.7. The Hall–Kier alpha value is -7.85. The van der Waals surface area contributed by atoms with Crippen molar-refractivity contribution in [2.75, 3.05) is 37.4 Å². The molecule has 2 aliphatic carbocycles. The van der Waals surface area contributed by atoms with Gasteiger partial charge in [-0.2, -0.15) is 10.4 Å². The molecule has 5 aromatic rings. The quantitative estimate of drug-likeness (QED) is 0.0462. The summed E-state index contributed by atoms with van der Waals surface area (Å²) < 4.78 is 22.8. The number of anilines is 2. The number of benzene rings is 3. The lowest BCUT2D eigenvalue weighted by Crippen LogP contribution is -2.62. The standard InChI is InChI=1S/C65H81FN12O6/c1-40(69-5)61(80)73-59(65(2,3)4)64(83)77-38-44-32-47(26-22-42(44)33-55(77)62(81)72-51-19-14-17-41-16-11-12-18-48(41)51)84-31-13-9-7-6-8-10-21-57(79)70-28-30-78-56(36-67)58-43-34-54(60(68)71-37-43)75-29-15-20-53(75)50-35-45(66)23-27-49(50)63(82)76(46-24-25-46)39-52(58)74-78/h11-12,16,18,22-23,26-27,32,34-35,37,40,46,51,53,55,59,69H,6-10,13-15,17,19-21,24-25,28-31,33,38-39H2,1-5H3,(H2,68,71)(H,70,79)(H,72,81)(H,73,80)/t40-,51+,53+,55-,59+/m0/s1. The molecule has 0 radical (unpaired) electrons. The van der Waals surface area contributed by atoms with Gasteiger partial charge in [-0.05, 0) is 141 Å². The molecule has 5 aliphatic rings. The Balaban J connectivity index is 0.706. The topological polar surface area (TPSA) is 233 Å². The minimum absolute atomic E-state index is 0.00984. The van der Waals surface area contributed by atoms with Gasteiger partial charge < -0.3 is 46.4 Å². The second-order valence-electron chi connectivity index (χ2n) is 24.5. The molecular formula is C65H81FN12O6. The van der Waals surface area contributed by atoms with Crippen LogP contribution in [0.15, 0.2) is 72.9 Å². The van der Waals surface area contributed by atoms with Crippen LogP contribution in [-0.2, 0) is 51.7 Å². The van der Waals surface area contributed by atoms with E-state index in [-0.39, 0.29) is 73.8 Å². The van der Waals surface area contributed by atoms with Crippen LogP contribution in [0.4, 0.5) is 15.9 Å². The van der Waals surface area contributed by atoms with Crippen molar-refractivity contribution in [1.29, 1.82) is 5.26 Å². The second kappa shape index (κ2) is 26.0. The van der Waals surface area contributed by atoms with Crippen molar-refractivity contribution in [2.45, 2.75) is 180 Å². The second-order valence-corrected chi connectivity index (χ2v) is 24.5. The van der Waals surface area contributed by atoms with E-state index in [1.165, 1.54) is 17.7 Å².